The molecule has 1 aromatic rings. The zero-order chi connectivity index (χ0) is 15.0. The molecule has 0 aliphatic rings. The highest BCUT2D eigenvalue weighted by molar-refractivity contribution is 5.79. The fourth-order valence-corrected chi connectivity index (χ4v) is 1.83. The molecule has 7 heteroatoms. The SMILES string of the molecule is COC(=O)C(CCN)C[C@H](Nc1ccccn1)C(=O)O. The first-order valence-corrected chi connectivity index (χ1v) is 6.26. The fraction of sp³-hybridized carbons (Fsp3) is 0.462. The Morgan fingerprint density at radius 1 is 1.50 bits per heavy atom. The minimum atomic E-state index is -1.05. The molecule has 0 saturated heterocycles. The average molecular weight is 281 g/mol. The van der Waals surface area contributed by atoms with Crippen LogP contribution in [-0.2, 0) is 14.3 Å². The lowest BCUT2D eigenvalue weighted by molar-refractivity contribution is -0.146. The highest BCUT2D eigenvalue weighted by atomic mass is 16.5. The van der Waals surface area contributed by atoms with E-state index in [1.165, 1.54) is 7.11 Å². The lowest BCUT2D eigenvalue weighted by Gasteiger charge is -2.20. The third-order valence-corrected chi connectivity index (χ3v) is 2.85. The van der Waals surface area contributed by atoms with E-state index in [0.717, 1.165) is 0 Å². The van der Waals surface area contributed by atoms with Crippen molar-refractivity contribution in [3.8, 4) is 0 Å². The molecule has 0 amide bonds. The second-order valence-electron chi connectivity index (χ2n) is 4.28. The van der Waals surface area contributed by atoms with E-state index in [0.29, 0.717) is 12.2 Å². The molecule has 1 aromatic heterocycles. The van der Waals surface area contributed by atoms with Crippen LogP contribution in [0.2, 0.25) is 0 Å². The van der Waals surface area contributed by atoms with Gasteiger partial charge in [-0.2, -0.15) is 0 Å². The fourth-order valence-electron chi connectivity index (χ4n) is 1.83. The number of nitrogens with two attached hydrogens (primary N) is 1. The summed E-state index contributed by atoms with van der Waals surface area (Å²) in [5, 5.41) is 12.0. The Bertz CT molecular complexity index is 439. The molecule has 7 nitrogen and oxygen atoms in total. The molecule has 1 unspecified atom stereocenters. The molecule has 0 aliphatic heterocycles. The number of nitrogens with zero attached hydrogens (tertiary/aromatic N) is 1. The maximum absolute atomic E-state index is 11.6. The summed E-state index contributed by atoms with van der Waals surface area (Å²) in [6.07, 6.45) is 2.02. The van der Waals surface area contributed by atoms with Crippen molar-refractivity contribution in [3.63, 3.8) is 0 Å². The minimum absolute atomic E-state index is 0.0930. The molecule has 20 heavy (non-hydrogen) atoms. The van der Waals surface area contributed by atoms with Gasteiger partial charge in [0.15, 0.2) is 0 Å². The number of carboxylic acid groups (broad SMARTS) is 1. The van der Waals surface area contributed by atoms with E-state index in [1.807, 2.05) is 0 Å². The number of pyridine rings is 1. The normalized spacial score (nSPS) is 13.3. The summed E-state index contributed by atoms with van der Waals surface area (Å²) in [5.41, 5.74) is 5.44. The standard InChI is InChI=1S/C13H19N3O4/c1-20-13(19)9(5-6-14)8-10(12(17)18)16-11-4-2-3-7-15-11/h2-4,7,9-10H,5-6,8,14H2,1H3,(H,15,16)(H,17,18)/t9?,10-/m0/s1. The van der Waals surface area contributed by atoms with E-state index in [2.05, 4.69) is 15.0 Å². The second kappa shape index (κ2) is 8.11. The maximum atomic E-state index is 11.6. The van der Waals surface area contributed by atoms with E-state index < -0.39 is 23.9 Å². The van der Waals surface area contributed by atoms with Gasteiger partial charge in [0.1, 0.15) is 11.9 Å². The molecule has 0 saturated carbocycles. The highest BCUT2D eigenvalue weighted by Crippen LogP contribution is 2.16. The molecule has 0 aromatic carbocycles. The Balaban J connectivity index is 2.75. The quantitative estimate of drug-likeness (QED) is 0.593. The lowest BCUT2D eigenvalue weighted by Crippen LogP contribution is -2.35. The van der Waals surface area contributed by atoms with E-state index in [4.69, 9.17) is 5.73 Å². The topological polar surface area (TPSA) is 115 Å². The Labute approximate surface area is 117 Å². The number of aromatic nitrogens is 1. The summed E-state index contributed by atoms with van der Waals surface area (Å²) in [7, 11) is 1.27. The van der Waals surface area contributed by atoms with Gasteiger partial charge >= 0.3 is 11.9 Å². The Kier molecular flexibility index (Phi) is 6.45. The molecule has 0 fully saturated rings. The number of rotatable bonds is 8. The first-order valence-electron chi connectivity index (χ1n) is 6.26. The van der Waals surface area contributed by atoms with Crippen molar-refractivity contribution in [2.45, 2.75) is 18.9 Å². The number of hydrogen-bond acceptors (Lipinski definition) is 6. The van der Waals surface area contributed by atoms with Crippen LogP contribution < -0.4 is 11.1 Å². The van der Waals surface area contributed by atoms with Gasteiger partial charge in [0.05, 0.1) is 13.0 Å². The largest absolute Gasteiger partial charge is 0.480 e. The number of hydrogen-bond donors (Lipinski definition) is 3. The molecule has 0 bridgehead atoms. The second-order valence-corrected chi connectivity index (χ2v) is 4.28. The molecule has 0 radical (unpaired) electrons. The number of carboxylic acids is 1. The van der Waals surface area contributed by atoms with Crippen LogP contribution in [0.1, 0.15) is 12.8 Å². The summed E-state index contributed by atoms with van der Waals surface area (Å²) in [4.78, 5) is 26.9. The summed E-state index contributed by atoms with van der Waals surface area (Å²) in [6, 6.07) is 4.20. The van der Waals surface area contributed by atoms with Crippen LogP contribution in [0.15, 0.2) is 24.4 Å². The molecular formula is C13H19N3O4. The molecule has 0 spiro atoms. The van der Waals surface area contributed by atoms with Crippen LogP contribution in [-0.4, -0.2) is 41.7 Å². The van der Waals surface area contributed by atoms with Crippen LogP contribution in [0.3, 0.4) is 0 Å². The Hall–Kier alpha value is -2.15. The maximum Gasteiger partial charge on any atom is 0.326 e. The first-order chi connectivity index (χ1) is 9.58. The van der Waals surface area contributed by atoms with Crippen LogP contribution in [0.4, 0.5) is 5.82 Å². The number of nitrogens with one attached hydrogen (secondary N) is 1. The van der Waals surface area contributed by atoms with Crippen molar-refractivity contribution in [2.24, 2.45) is 11.7 Å². The highest BCUT2D eigenvalue weighted by Gasteiger charge is 2.27. The van der Waals surface area contributed by atoms with E-state index in [9.17, 15) is 14.7 Å². The smallest absolute Gasteiger partial charge is 0.326 e. The zero-order valence-electron chi connectivity index (χ0n) is 11.3. The number of carbonyl (C=O) groups excluding carboxylic acids is 1. The van der Waals surface area contributed by atoms with Gasteiger partial charge in [0.2, 0.25) is 0 Å². The van der Waals surface area contributed by atoms with E-state index >= 15 is 0 Å². The number of carbonyl (C=O) groups is 2. The van der Waals surface area contributed by atoms with Crippen LogP contribution >= 0.6 is 0 Å². The predicted octanol–water partition coefficient (Wildman–Crippen LogP) is 0.475. The first kappa shape index (κ1) is 15.9. The van der Waals surface area contributed by atoms with Crippen molar-refractivity contribution in [2.75, 3.05) is 19.0 Å². The van der Waals surface area contributed by atoms with Crippen molar-refractivity contribution in [3.05, 3.63) is 24.4 Å². The number of esters is 1. The average Bonchev–Trinajstić information content (AvgIpc) is 2.46. The molecule has 2 atom stereocenters. The zero-order valence-corrected chi connectivity index (χ0v) is 11.3. The molecular weight excluding hydrogens is 262 g/mol. The lowest BCUT2D eigenvalue weighted by atomic mass is 9.96. The van der Waals surface area contributed by atoms with Gasteiger partial charge in [-0.05, 0) is 31.5 Å². The van der Waals surface area contributed by atoms with Crippen LogP contribution in [0, 0.1) is 5.92 Å². The number of aliphatic carboxylic acids is 1. The van der Waals surface area contributed by atoms with Gasteiger partial charge < -0.3 is 20.9 Å². The Morgan fingerprint density at radius 3 is 2.75 bits per heavy atom. The minimum Gasteiger partial charge on any atom is -0.480 e. The summed E-state index contributed by atoms with van der Waals surface area (Å²) in [6.45, 7) is 0.287. The van der Waals surface area contributed by atoms with Crippen molar-refractivity contribution in [1.82, 2.24) is 4.98 Å². The van der Waals surface area contributed by atoms with Gasteiger partial charge in [0.25, 0.3) is 0 Å². The van der Waals surface area contributed by atoms with Crippen molar-refractivity contribution >= 4 is 17.8 Å². The van der Waals surface area contributed by atoms with Crippen molar-refractivity contribution in [1.29, 1.82) is 0 Å². The molecule has 0 aliphatic carbocycles. The van der Waals surface area contributed by atoms with Gasteiger partial charge in [-0.3, -0.25) is 4.79 Å². The van der Waals surface area contributed by atoms with Gasteiger partial charge in [-0.25, -0.2) is 9.78 Å². The third kappa shape index (κ3) is 4.85. The van der Waals surface area contributed by atoms with E-state index in [1.54, 1.807) is 24.4 Å². The summed E-state index contributed by atoms with van der Waals surface area (Å²) in [5.74, 6) is -1.62. The number of methoxy groups -OCH3 is 1. The van der Waals surface area contributed by atoms with Gasteiger partial charge in [-0.15, -0.1) is 0 Å². The molecule has 1 rings (SSSR count). The molecule has 4 N–H and O–H groups in total. The van der Waals surface area contributed by atoms with Crippen LogP contribution in [0.5, 0.6) is 0 Å². The summed E-state index contributed by atoms with van der Waals surface area (Å²) < 4.78 is 4.66. The van der Waals surface area contributed by atoms with E-state index in [-0.39, 0.29) is 13.0 Å². The number of anilines is 1. The molecule has 110 valence electrons. The van der Waals surface area contributed by atoms with Gasteiger partial charge in [-0.1, -0.05) is 6.07 Å². The molecule has 1 heterocycles. The van der Waals surface area contributed by atoms with Crippen molar-refractivity contribution < 1.29 is 19.4 Å². The summed E-state index contributed by atoms with van der Waals surface area (Å²) >= 11 is 0. The third-order valence-electron chi connectivity index (χ3n) is 2.85. The van der Waals surface area contributed by atoms with Gasteiger partial charge in [0, 0.05) is 6.20 Å². The number of ether oxygens (including phenoxy) is 1. The predicted molar refractivity (Wildman–Crippen MR) is 73.1 cm³/mol. The van der Waals surface area contributed by atoms with Crippen LogP contribution in [0.25, 0.3) is 0 Å². The monoisotopic (exact) mass is 281 g/mol. The Morgan fingerprint density at radius 2 is 2.25 bits per heavy atom.